The molecule has 3 atom stereocenters. The van der Waals surface area contributed by atoms with Crippen molar-refractivity contribution >= 4 is 0 Å². The van der Waals surface area contributed by atoms with Gasteiger partial charge in [-0.1, -0.05) is 0 Å². The van der Waals surface area contributed by atoms with Crippen molar-refractivity contribution in [3.8, 4) is 0 Å². The molecule has 1 aliphatic carbocycles. The second-order valence-corrected chi connectivity index (χ2v) is 2.88. The van der Waals surface area contributed by atoms with E-state index >= 15 is 0 Å². The Morgan fingerprint density at radius 3 is 2.75 bits per heavy atom. The topological polar surface area (TPSA) is 32.3 Å². The molecule has 1 unspecified atom stereocenters. The van der Waals surface area contributed by atoms with Crippen LogP contribution in [0.25, 0.3) is 0 Å². The van der Waals surface area contributed by atoms with Crippen LogP contribution in [0.2, 0.25) is 0 Å². The molecule has 2 heteroatoms. The fourth-order valence-corrected chi connectivity index (χ4v) is 1.58. The maximum Gasteiger partial charge on any atom is 0.0584 e. The van der Waals surface area contributed by atoms with Crippen molar-refractivity contribution in [1.29, 1.82) is 0 Å². The molecule has 0 aromatic heterocycles. The number of fused-ring (bicyclic) bond motifs is 1. The number of hydrogen-bond acceptors (Lipinski definition) is 2. The molecule has 2 nitrogen and oxygen atoms in total. The Bertz CT molecular complexity index is 94.7. The second kappa shape index (κ2) is 1.45. The third kappa shape index (κ3) is 0.565. The van der Waals surface area contributed by atoms with Crippen LogP contribution in [0, 0.1) is 5.92 Å². The van der Waals surface area contributed by atoms with Gasteiger partial charge in [0.25, 0.3) is 0 Å². The minimum atomic E-state index is 0.326. The number of aliphatic hydroxyl groups excluding tert-OH is 1. The van der Waals surface area contributed by atoms with Gasteiger partial charge in [0, 0.05) is 12.1 Å². The van der Waals surface area contributed by atoms with Crippen LogP contribution in [0.4, 0.5) is 0 Å². The van der Waals surface area contributed by atoms with Crippen molar-refractivity contribution in [2.45, 2.75) is 24.9 Å². The summed E-state index contributed by atoms with van der Waals surface area (Å²) in [7, 11) is 0. The lowest BCUT2D eigenvalue weighted by Gasteiger charge is -2.06. The highest BCUT2D eigenvalue weighted by Gasteiger charge is 2.45. The Balaban J connectivity index is 1.89. The van der Waals surface area contributed by atoms with Crippen LogP contribution in [0.5, 0.6) is 0 Å². The summed E-state index contributed by atoms with van der Waals surface area (Å²) in [5.74, 6) is 0.923. The number of aliphatic hydroxyl groups is 1. The molecule has 2 rings (SSSR count). The number of rotatable bonds is 1. The molecule has 0 aromatic rings. The highest BCUT2D eigenvalue weighted by molar-refractivity contribution is 5.02. The van der Waals surface area contributed by atoms with Gasteiger partial charge in [0.1, 0.15) is 0 Å². The van der Waals surface area contributed by atoms with E-state index < -0.39 is 0 Å². The van der Waals surface area contributed by atoms with Gasteiger partial charge in [0.05, 0.1) is 6.61 Å². The second-order valence-electron chi connectivity index (χ2n) is 2.88. The molecule has 0 spiro atoms. The van der Waals surface area contributed by atoms with Crippen molar-refractivity contribution in [2.24, 2.45) is 5.92 Å². The molecule has 0 bridgehead atoms. The van der Waals surface area contributed by atoms with E-state index in [0.717, 1.165) is 12.0 Å². The van der Waals surface area contributed by atoms with Gasteiger partial charge in [-0.2, -0.15) is 0 Å². The zero-order valence-electron chi connectivity index (χ0n) is 4.80. The Morgan fingerprint density at radius 1 is 1.50 bits per heavy atom. The lowest BCUT2D eigenvalue weighted by atomic mass is 10.2. The molecule has 46 valence electrons. The SMILES string of the molecule is OC[C@@H]1C[C@H]2CC2N1. The highest BCUT2D eigenvalue weighted by Crippen LogP contribution is 2.40. The first-order valence-electron chi connectivity index (χ1n) is 3.27. The third-order valence-electron chi connectivity index (χ3n) is 2.18. The van der Waals surface area contributed by atoms with Crippen molar-refractivity contribution in [2.75, 3.05) is 6.61 Å². The third-order valence-corrected chi connectivity index (χ3v) is 2.18. The van der Waals surface area contributed by atoms with Crippen LogP contribution >= 0.6 is 0 Å². The maximum absolute atomic E-state index is 8.64. The first kappa shape index (κ1) is 4.77. The monoisotopic (exact) mass is 113 g/mol. The van der Waals surface area contributed by atoms with E-state index in [2.05, 4.69) is 5.32 Å². The molecular weight excluding hydrogens is 102 g/mol. The lowest BCUT2D eigenvalue weighted by molar-refractivity contribution is 0.246. The van der Waals surface area contributed by atoms with Gasteiger partial charge in [-0.3, -0.25) is 0 Å². The number of nitrogens with one attached hydrogen (secondary N) is 1. The van der Waals surface area contributed by atoms with Crippen molar-refractivity contribution in [1.82, 2.24) is 5.32 Å². The highest BCUT2D eigenvalue weighted by atomic mass is 16.3. The van der Waals surface area contributed by atoms with Gasteiger partial charge in [0.15, 0.2) is 0 Å². The molecule has 1 saturated heterocycles. The van der Waals surface area contributed by atoms with Crippen LogP contribution < -0.4 is 5.32 Å². The van der Waals surface area contributed by atoms with E-state index in [1.807, 2.05) is 0 Å². The first-order valence-corrected chi connectivity index (χ1v) is 3.27. The number of hydrogen-bond donors (Lipinski definition) is 2. The first-order chi connectivity index (χ1) is 3.90. The molecule has 8 heavy (non-hydrogen) atoms. The van der Waals surface area contributed by atoms with Crippen molar-refractivity contribution in [3.63, 3.8) is 0 Å². The fourth-order valence-electron chi connectivity index (χ4n) is 1.58. The largest absolute Gasteiger partial charge is 0.395 e. The summed E-state index contributed by atoms with van der Waals surface area (Å²) in [6, 6.07) is 1.21. The molecular formula is C6H11NO. The van der Waals surface area contributed by atoms with E-state index in [1.165, 1.54) is 12.8 Å². The van der Waals surface area contributed by atoms with Crippen LogP contribution in [-0.2, 0) is 0 Å². The molecule has 2 fully saturated rings. The zero-order chi connectivity index (χ0) is 5.56. The van der Waals surface area contributed by atoms with Crippen molar-refractivity contribution < 1.29 is 5.11 Å². The van der Waals surface area contributed by atoms with Gasteiger partial charge in [-0.15, -0.1) is 0 Å². The zero-order valence-corrected chi connectivity index (χ0v) is 4.80. The summed E-state index contributed by atoms with van der Waals surface area (Å²) in [4.78, 5) is 0. The summed E-state index contributed by atoms with van der Waals surface area (Å²) in [6.07, 6.45) is 2.57. The van der Waals surface area contributed by atoms with E-state index in [9.17, 15) is 0 Å². The quantitative estimate of drug-likeness (QED) is 0.490. The molecule has 1 aliphatic heterocycles. The average Bonchev–Trinajstić information content (AvgIpc) is 2.40. The molecule has 1 saturated carbocycles. The smallest absolute Gasteiger partial charge is 0.0584 e. The minimum absolute atomic E-state index is 0.326. The summed E-state index contributed by atoms with van der Waals surface area (Å²) in [5.41, 5.74) is 0. The van der Waals surface area contributed by atoms with Crippen LogP contribution in [-0.4, -0.2) is 23.8 Å². The van der Waals surface area contributed by atoms with E-state index in [1.54, 1.807) is 0 Å². The predicted octanol–water partition coefficient (Wildman–Crippen LogP) is -0.271. The fraction of sp³-hybridized carbons (Fsp3) is 1.00. The predicted molar refractivity (Wildman–Crippen MR) is 30.5 cm³/mol. The molecule has 2 N–H and O–H groups in total. The Hall–Kier alpha value is -0.0800. The van der Waals surface area contributed by atoms with E-state index in [4.69, 9.17) is 5.11 Å². The molecule has 2 aliphatic rings. The van der Waals surface area contributed by atoms with Gasteiger partial charge in [0.2, 0.25) is 0 Å². The lowest BCUT2D eigenvalue weighted by Crippen LogP contribution is -2.28. The van der Waals surface area contributed by atoms with Gasteiger partial charge in [-0.05, 0) is 18.8 Å². The summed E-state index contributed by atoms with van der Waals surface area (Å²) in [6.45, 7) is 0.326. The van der Waals surface area contributed by atoms with Crippen LogP contribution in [0.15, 0.2) is 0 Å². The molecule has 0 amide bonds. The minimum Gasteiger partial charge on any atom is -0.395 e. The molecule has 0 radical (unpaired) electrons. The van der Waals surface area contributed by atoms with Gasteiger partial charge in [-0.25, -0.2) is 0 Å². The Labute approximate surface area is 48.9 Å². The van der Waals surface area contributed by atoms with Crippen molar-refractivity contribution in [3.05, 3.63) is 0 Å². The average molecular weight is 113 g/mol. The Kier molecular flexibility index (Phi) is 0.866. The summed E-state index contributed by atoms with van der Waals surface area (Å²) < 4.78 is 0. The van der Waals surface area contributed by atoms with Crippen LogP contribution in [0.1, 0.15) is 12.8 Å². The number of piperidine rings is 1. The van der Waals surface area contributed by atoms with E-state index in [-0.39, 0.29) is 0 Å². The Morgan fingerprint density at radius 2 is 2.38 bits per heavy atom. The standard InChI is InChI=1S/C6H11NO/c8-3-5-1-4-2-6(4)7-5/h4-8H,1-3H2/t4-,5-,6?/m0/s1. The summed E-state index contributed by atoms with van der Waals surface area (Å²) >= 11 is 0. The molecule has 1 heterocycles. The van der Waals surface area contributed by atoms with Gasteiger partial charge < -0.3 is 10.4 Å². The normalized spacial score (nSPS) is 51.4. The van der Waals surface area contributed by atoms with Gasteiger partial charge >= 0.3 is 0 Å². The van der Waals surface area contributed by atoms with Crippen LogP contribution in [0.3, 0.4) is 0 Å². The molecule has 0 aromatic carbocycles. The maximum atomic E-state index is 8.64. The summed E-state index contributed by atoms with van der Waals surface area (Å²) in [5, 5.41) is 12.0. The van der Waals surface area contributed by atoms with E-state index in [0.29, 0.717) is 12.6 Å².